The fraction of sp³-hybridized carbons (Fsp3) is 0.786. The van der Waals surface area contributed by atoms with Crippen LogP contribution >= 0.6 is 36.6 Å². The molecule has 2 N–H and O–H groups in total. The quantitative estimate of drug-likeness (QED) is 0.736. The number of hydrogen-bond acceptors (Lipinski definition) is 4. The van der Waals surface area contributed by atoms with Crippen LogP contribution in [0.3, 0.4) is 0 Å². The van der Waals surface area contributed by atoms with Crippen LogP contribution in [0.25, 0.3) is 0 Å². The van der Waals surface area contributed by atoms with E-state index in [1.807, 2.05) is 17.8 Å². The smallest absolute Gasteiger partial charge is 0.221 e. The van der Waals surface area contributed by atoms with E-state index in [0.29, 0.717) is 18.5 Å². The number of thioether (sulfide) groups is 1. The number of hydrogen-bond donors (Lipinski definition) is 2. The number of carbonyl (C=O) groups is 1. The molecule has 2 aliphatic rings. The summed E-state index contributed by atoms with van der Waals surface area (Å²) in [6, 6.07) is 0.726. The van der Waals surface area contributed by atoms with Gasteiger partial charge in [0, 0.05) is 56.2 Å². The molecule has 1 amide bonds. The second kappa shape index (κ2) is 11.6. The van der Waals surface area contributed by atoms with Gasteiger partial charge >= 0.3 is 0 Å². The average Bonchev–Trinajstić information content (AvgIpc) is 2.42. The largest absolute Gasteiger partial charge is 0.353 e. The van der Waals surface area contributed by atoms with Crippen molar-refractivity contribution in [2.45, 2.75) is 31.3 Å². The summed E-state index contributed by atoms with van der Waals surface area (Å²) < 4.78 is 0. The van der Waals surface area contributed by atoms with Gasteiger partial charge in [0.05, 0.1) is 0 Å². The second-order valence-corrected chi connectivity index (χ2v) is 6.51. The number of piperidine rings is 1. The van der Waals surface area contributed by atoms with Gasteiger partial charge in [0.2, 0.25) is 5.91 Å². The molecule has 0 aromatic heterocycles. The van der Waals surface area contributed by atoms with E-state index in [4.69, 9.17) is 0 Å². The van der Waals surface area contributed by atoms with Gasteiger partial charge in [0.15, 0.2) is 0 Å². The monoisotopic (exact) mass is 355 g/mol. The number of rotatable bonds is 5. The molecule has 0 aromatic carbocycles. The lowest BCUT2D eigenvalue weighted by molar-refractivity contribution is -0.122. The molecule has 124 valence electrons. The van der Waals surface area contributed by atoms with E-state index in [1.165, 1.54) is 5.75 Å². The summed E-state index contributed by atoms with van der Waals surface area (Å²) in [5.74, 6) is 2.44. The number of nitrogens with zero attached hydrogens (tertiary/aromatic N) is 1. The van der Waals surface area contributed by atoms with Crippen molar-refractivity contribution in [3.8, 4) is 0 Å². The first-order valence-corrected chi connectivity index (χ1v) is 8.37. The second-order valence-electron chi connectivity index (χ2n) is 5.36. The Bertz CT molecular complexity index is 307. The van der Waals surface area contributed by atoms with Gasteiger partial charge in [-0.2, -0.15) is 11.8 Å². The van der Waals surface area contributed by atoms with Gasteiger partial charge in [-0.1, -0.05) is 6.08 Å². The van der Waals surface area contributed by atoms with Crippen LogP contribution in [0.1, 0.15) is 19.3 Å². The predicted molar refractivity (Wildman–Crippen MR) is 96.0 cm³/mol. The Labute approximate surface area is 144 Å². The zero-order chi connectivity index (χ0) is 13.5. The minimum absolute atomic E-state index is 0. The van der Waals surface area contributed by atoms with Crippen molar-refractivity contribution < 1.29 is 4.79 Å². The van der Waals surface area contributed by atoms with Crippen LogP contribution in [0, 0.1) is 0 Å². The maximum absolute atomic E-state index is 12.0. The van der Waals surface area contributed by atoms with Crippen molar-refractivity contribution in [2.24, 2.45) is 0 Å². The van der Waals surface area contributed by atoms with Crippen LogP contribution < -0.4 is 10.6 Å². The molecule has 21 heavy (non-hydrogen) atoms. The molecule has 2 rings (SSSR count). The molecular weight excluding hydrogens is 329 g/mol. The molecule has 7 heteroatoms. The van der Waals surface area contributed by atoms with Gasteiger partial charge in [0.1, 0.15) is 0 Å². The Morgan fingerprint density at radius 1 is 1.38 bits per heavy atom. The van der Waals surface area contributed by atoms with Gasteiger partial charge in [-0.25, -0.2) is 0 Å². The summed E-state index contributed by atoms with van der Waals surface area (Å²) in [5, 5.41) is 6.60. The number of amides is 1. The highest BCUT2D eigenvalue weighted by Crippen LogP contribution is 2.12. The summed E-state index contributed by atoms with van der Waals surface area (Å²) in [7, 11) is 0. The zero-order valence-corrected chi connectivity index (χ0v) is 14.8. The summed E-state index contributed by atoms with van der Waals surface area (Å²) in [5.41, 5.74) is 0. The molecule has 0 radical (unpaired) electrons. The first-order chi connectivity index (χ1) is 9.28. The van der Waals surface area contributed by atoms with Gasteiger partial charge in [-0.05, 0) is 12.8 Å². The van der Waals surface area contributed by atoms with Crippen molar-refractivity contribution in [1.82, 2.24) is 15.5 Å². The molecule has 0 aliphatic carbocycles. The first-order valence-electron chi connectivity index (χ1n) is 7.21. The molecule has 0 bridgehead atoms. The van der Waals surface area contributed by atoms with Crippen LogP contribution in [0.5, 0.6) is 0 Å². The molecule has 0 spiro atoms. The topological polar surface area (TPSA) is 44.4 Å². The Morgan fingerprint density at radius 3 is 2.67 bits per heavy atom. The van der Waals surface area contributed by atoms with Crippen molar-refractivity contribution in [3.63, 3.8) is 0 Å². The number of likely N-dealkylation sites (tertiary alicyclic amines) is 1. The Balaban J connectivity index is 0.00000200. The molecule has 2 aliphatic heterocycles. The van der Waals surface area contributed by atoms with Crippen molar-refractivity contribution in [1.29, 1.82) is 0 Å². The van der Waals surface area contributed by atoms with Gasteiger partial charge in [0.25, 0.3) is 0 Å². The Hall–Kier alpha value is 0.0600. The maximum atomic E-state index is 12.0. The van der Waals surface area contributed by atoms with Crippen molar-refractivity contribution >= 4 is 42.5 Å². The van der Waals surface area contributed by atoms with E-state index in [9.17, 15) is 4.79 Å². The molecule has 1 unspecified atom stereocenters. The third kappa shape index (κ3) is 7.75. The third-order valence-electron chi connectivity index (χ3n) is 3.77. The highest BCUT2D eigenvalue weighted by Gasteiger charge is 2.22. The minimum atomic E-state index is 0. The van der Waals surface area contributed by atoms with Crippen molar-refractivity contribution in [3.05, 3.63) is 12.7 Å². The van der Waals surface area contributed by atoms with Crippen LogP contribution in [-0.4, -0.2) is 60.6 Å². The highest BCUT2D eigenvalue weighted by atomic mass is 35.5. The minimum Gasteiger partial charge on any atom is -0.353 e. The van der Waals surface area contributed by atoms with Crippen LogP contribution in [0.2, 0.25) is 0 Å². The van der Waals surface area contributed by atoms with Crippen LogP contribution in [-0.2, 0) is 4.79 Å². The van der Waals surface area contributed by atoms with Crippen LogP contribution in [0.15, 0.2) is 12.7 Å². The van der Waals surface area contributed by atoms with Gasteiger partial charge < -0.3 is 10.6 Å². The lowest BCUT2D eigenvalue weighted by atomic mass is 10.0. The molecule has 0 saturated carbocycles. The number of halogens is 2. The zero-order valence-electron chi connectivity index (χ0n) is 12.4. The van der Waals surface area contributed by atoms with E-state index in [-0.39, 0.29) is 30.7 Å². The average molecular weight is 356 g/mol. The molecule has 2 fully saturated rings. The lowest BCUT2D eigenvalue weighted by Gasteiger charge is -2.32. The molecule has 4 nitrogen and oxygen atoms in total. The van der Waals surface area contributed by atoms with E-state index in [2.05, 4.69) is 22.1 Å². The Morgan fingerprint density at radius 2 is 2.10 bits per heavy atom. The normalized spacial score (nSPS) is 23.5. The number of carbonyl (C=O) groups excluding carboxylic acids is 1. The summed E-state index contributed by atoms with van der Waals surface area (Å²) in [6.07, 6.45) is 4.70. The van der Waals surface area contributed by atoms with Gasteiger partial charge in [-0.3, -0.25) is 9.69 Å². The van der Waals surface area contributed by atoms with E-state index in [0.717, 1.165) is 44.8 Å². The van der Waals surface area contributed by atoms with Crippen molar-refractivity contribution in [2.75, 3.05) is 37.7 Å². The first kappa shape index (κ1) is 21.1. The SMILES string of the molecule is C=CCN1CCC(NC(=O)CC2CSCCN2)CC1.Cl.Cl. The predicted octanol–water partition coefficient (Wildman–Crippen LogP) is 1.69. The highest BCUT2D eigenvalue weighted by molar-refractivity contribution is 7.99. The standard InChI is InChI=1S/C14H25N3OS.2ClH/c1-2-6-17-7-3-12(4-8-17)16-14(18)10-13-11-19-9-5-15-13;;/h2,12-13,15H,1,3-11H2,(H,16,18);2*1H. The molecule has 2 saturated heterocycles. The van der Waals surface area contributed by atoms with E-state index < -0.39 is 0 Å². The Kier molecular flexibility index (Phi) is 11.6. The summed E-state index contributed by atoms with van der Waals surface area (Å²) >= 11 is 1.94. The fourth-order valence-electron chi connectivity index (χ4n) is 2.70. The summed E-state index contributed by atoms with van der Waals surface area (Å²) in [4.78, 5) is 14.4. The molecule has 1 atom stereocenters. The molecule has 0 aromatic rings. The number of nitrogens with one attached hydrogen (secondary N) is 2. The van der Waals surface area contributed by atoms with Crippen LogP contribution in [0.4, 0.5) is 0 Å². The van der Waals surface area contributed by atoms with Gasteiger partial charge in [-0.15, -0.1) is 31.4 Å². The maximum Gasteiger partial charge on any atom is 0.221 e. The van der Waals surface area contributed by atoms with E-state index >= 15 is 0 Å². The van der Waals surface area contributed by atoms with E-state index in [1.54, 1.807) is 0 Å². The summed E-state index contributed by atoms with van der Waals surface area (Å²) in [6.45, 7) is 7.89. The third-order valence-corrected chi connectivity index (χ3v) is 4.90. The fourth-order valence-corrected chi connectivity index (χ4v) is 3.65. The lowest BCUT2D eigenvalue weighted by Crippen LogP contribution is -2.47. The molecule has 2 heterocycles. The molecular formula is C14H27Cl2N3OS.